The zero-order valence-corrected chi connectivity index (χ0v) is 22.2. The van der Waals surface area contributed by atoms with Crippen molar-refractivity contribution in [2.45, 2.75) is 70.7 Å². The van der Waals surface area contributed by atoms with Crippen LogP contribution < -0.4 is 21.0 Å². The summed E-state index contributed by atoms with van der Waals surface area (Å²) in [5, 5.41) is 0. The van der Waals surface area contributed by atoms with Crippen LogP contribution in [0.4, 0.5) is 10.1 Å². The molecule has 2 aromatic carbocycles. The first kappa shape index (κ1) is 25.2. The van der Waals surface area contributed by atoms with Gasteiger partial charge in [-0.15, -0.1) is 0 Å². The van der Waals surface area contributed by atoms with Gasteiger partial charge in [-0.25, -0.2) is 18.4 Å². The fourth-order valence-corrected chi connectivity index (χ4v) is 5.39. The smallest absolute Gasteiger partial charge is 0.370 e. The van der Waals surface area contributed by atoms with Gasteiger partial charge in [0.05, 0.1) is 16.7 Å². The Balaban J connectivity index is 1.46. The van der Waals surface area contributed by atoms with E-state index in [1.807, 2.05) is 55.7 Å². The Kier molecular flexibility index (Phi) is 6.00. The number of esters is 1. The molecule has 1 aliphatic carbocycles. The number of anilines is 1. The van der Waals surface area contributed by atoms with Crippen LogP contribution >= 0.6 is 0 Å². The predicted molar refractivity (Wildman–Crippen MR) is 145 cm³/mol. The summed E-state index contributed by atoms with van der Waals surface area (Å²) < 4.78 is 25.4. The summed E-state index contributed by atoms with van der Waals surface area (Å²) in [6.07, 6.45) is 3.07. The lowest BCUT2D eigenvalue weighted by Gasteiger charge is -2.29. The van der Waals surface area contributed by atoms with E-state index < -0.39 is 28.7 Å². The number of imidazole rings is 1. The number of benzene rings is 2. The Hall–Kier alpha value is -4.08. The van der Waals surface area contributed by atoms with Crippen LogP contribution in [0.1, 0.15) is 58.1 Å². The number of fused-ring (bicyclic) bond motifs is 3. The second-order valence-electron chi connectivity index (χ2n) is 11.3. The molecule has 3 heterocycles. The summed E-state index contributed by atoms with van der Waals surface area (Å²) in [6.45, 7) is 5.96. The molecule has 0 N–H and O–H groups in total. The van der Waals surface area contributed by atoms with Crippen molar-refractivity contribution in [2.75, 3.05) is 11.4 Å². The van der Waals surface area contributed by atoms with Crippen molar-refractivity contribution in [1.29, 1.82) is 0 Å². The van der Waals surface area contributed by atoms with Gasteiger partial charge >= 0.3 is 11.7 Å². The molecule has 6 rings (SSSR count). The van der Waals surface area contributed by atoms with Gasteiger partial charge in [-0.1, -0.05) is 35.1 Å². The maximum atomic E-state index is 15.8. The van der Waals surface area contributed by atoms with E-state index in [-0.39, 0.29) is 24.3 Å². The molecule has 4 aromatic rings. The number of hydrogen-bond donors (Lipinski definition) is 0. The van der Waals surface area contributed by atoms with Gasteiger partial charge in [0.15, 0.2) is 0 Å². The van der Waals surface area contributed by atoms with E-state index in [0.717, 1.165) is 29.6 Å². The minimum Gasteiger partial charge on any atom is -0.458 e. The Morgan fingerprint density at radius 3 is 2.46 bits per heavy atom. The average Bonchev–Trinajstić information content (AvgIpc) is 3.49. The van der Waals surface area contributed by atoms with Gasteiger partial charge in [0.2, 0.25) is 0 Å². The molecule has 204 valence electrons. The number of aromatic nitrogens is 3. The number of halogens is 1. The van der Waals surface area contributed by atoms with E-state index in [1.54, 1.807) is 11.0 Å². The predicted octanol–water partition coefficient (Wildman–Crippen LogP) is 3.83. The van der Waals surface area contributed by atoms with Gasteiger partial charge in [0.25, 0.3) is 5.56 Å². The van der Waals surface area contributed by atoms with E-state index >= 15 is 4.39 Å². The third kappa shape index (κ3) is 4.57. The minimum atomic E-state index is -0.696. The number of rotatable bonds is 6. The zero-order valence-electron chi connectivity index (χ0n) is 22.2. The molecule has 0 radical (unpaired) electrons. The summed E-state index contributed by atoms with van der Waals surface area (Å²) in [5.41, 5.74) is 0.502. The van der Waals surface area contributed by atoms with Crippen LogP contribution in [-0.4, -0.2) is 37.9 Å². The summed E-state index contributed by atoms with van der Waals surface area (Å²) in [5.74, 6) is -0.936. The number of nitrogens with zero attached hydrogens (tertiary/aromatic N) is 4. The molecule has 0 amide bonds. The third-order valence-electron chi connectivity index (χ3n) is 7.19. The van der Waals surface area contributed by atoms with Crippen molar-refractivity contribution < 1.29 is 18.8 Å². The highest BCUT2D eigenvalue weighted by Gasteiger charge is 2.37. The molecule has 9 nitrogen and oxygen atoms in total. The first-order chi connectivity index (χ1) is 18.6. The first-order valence-electron chi connectivity index (χ1n) is 13.3. The van der Waals surface area contributed by atoms with Crippen molar-refractivity contribution in [1.82, 2.24) is 13.7 Å². The first-order valence-corrected chi connectivity index (χ1v) is 13.3. The monoisotopic (exact) mass is 534 g/mol. The molecule has 39 heavy (non-hydrogen) atoms. The normalized spacial score (nSPS) is 17.7. The molecule has 10 heteroatoms. The van der Waals surface area contributed by atoms with Gasteiger partial charge in [-0.2, -0.15) is 0 Å². The van der Waals surface area contributed by atoms with Gasteiger partial charge < -0.3 is 19.0 Å². The minimum absolute atomic E-state index is 0.0306. The van der Waals surface area contributed by atoms with Crippen LogP contribution in [0, 0.1) is 5.82 Å². The Morgan fingerprint density at radius 2 is 1.77 bits per heavy atom. The SMILES string of the molecule is CC(C)(C)OC(=O)[C@@H]1CCCN1c1cc2c(cc1F)n1c(=O)n(OCc3ccccc3)c(=O)cc1n2C1CC1. The molecule has 2 aromatic heterocycles. The molecule has 1 saturated carbocycles. The molecule has 2 aliphatic rings. The zero-order chi connectivity index (χ0) is 27.5. The van der Waals surface area contributed by atoms with E-state index in [4.69, 9.17) is 9.57 Å². The van der Waals surface area contributed by atoms with Crippen LogP contribution in [0.2, 0.25) is 0 Å². The van der Waals surface area contributed by atoms with Crippen LogP contribution in [-0.2, 0) is 16.1 Å². The van der Waals surface area contributed by atoms with Crippen molar-refractivity contribution in [2.24, 2.45) is 0 Å². The third-order valence-corrected chi connectivity index (χ3v) is 7.19. The Morgan fingerprint density at radius 1 is 1.03 bits per heavy atom. The molecule has 0 bridgehead atoms. The lowest BCUT2D eigenvalue weighted by Crippen LogP contribution is -2.41. The topological polar surface area (TPSA) is 87.2 Å². The summed E-state index contributed by atoms with van der Waals surface area (Å²) in [6, 6.07) is 13.1. The summed E-state index contributed by atoms with van der Waals surface area (Å²) >= 11 is 0. The highest BCUT2D eigenvalue weighted by molar-refractivity contribution is 5.88. The fraction of sp³-hybridized carbons (Fsp3) is 0.414. The number of ether oxygens (including phenoxy) is 1. The van der Waals surface area contributed by atoms with Crippen molar-refractivity contribution in [3.8, 4) is 0 Å². The van der Waals surface area contributed by atoms with Crippen molar-refractivity contribution in [3.63, 3.8) is 0 Å². The molecular formula is C29H31FN4O5. The lowest BCUT2D eigenvalue weighted by molar-refractivity contribution is -0.156. The highest BCUT2D eigenvalue weighted by atomic mass is 19.1. The van der Waals surface area contributed by atoms with Gasteiger partial charge in [0, 0.05) is 24.7 Å². The quantitative estimate of drug-likeness (QED) is 0.350. The van der Waals surface area contributed by atoms with Gasteiger partial charge in [-0.05, 0) is 58.1 Å². The fourth-order valence-electron chi connectivity index (χ4n) is 5.39. The van der Waals surface area contributed by atoms with E-state index in [9.17, 15) is 14.4 Å². The van der Waals surface area contributed by atoms with Crippen molar-refractivity contribution in [3.05, 3.63) is 80.7 Å². The van der Waals surface area contributed by atoms with Crippen LogP contribution in [0.15, 0.2) is 58.1 Å². The maximum absolute atomic E-state index is 15.8. The second kappa shape index (κ2) is 9.29. The summed E-state index contributed by atoms with van der Waals surface area (Å²) in [7, 11) is 0. The lowest BCUT2D eigenvalue weighted by atomic mass is 10.1. The summed E-state index contributed by atoms with van der Waals surface area (Å²) in [4.78, 5) is 46.9. The Bertz CT molecular complexity index is 1690. The highest BCUT2D eigenvalue weighted by Crippen LogP contribution is 2.41. The Labute approximate surface area is 223 Å². The maximum Gasteiger partial charge on any atom is 0.370 e. The van der Waals surface area contributed by atoms with Crippen LogP contribution in [0.25, 0.3) is 16.7 Å². The largest absolute Gasteiger partial charge is 0.458 e. The molecule has 2 fully saturated rings. The molecular weight excluding hydrogens is 503 g/mol. The van der Waals surface area contributed by atoms with E-state index in [1.165, 1.54) is 16.5 Å². The standard InChI is InChI=1S/C29H31FN4O5/c1-29(2,3)39-27(36)21-10-7-13-31(21)22-15-24-23(14-20(22)30)33-25(32(24)19-11-12-19)16-26(35)34(28(33)37)38-17-18-8-5-4-6-9-18/h4-6,8-9,14-16,19,21H,7,10-13,17H2,1-3H3/t21-/m0/s1. The molecule has 1 aliphatic heterocycles. The van der Waals surface area contributed by atoms with Gasteiger partial charge in [-0.3, -0.25) is 4.79 Å². The molecule has 1 atom stereocenters. The van der Waals surface area contributed by atoms with E-state index in [2.05, 4.69) is 0 Å². The number of hydrogen-bond acceptors (Lipinski definition) is 6. The van der Waals surface area contributed by atoms with E-state index in [0.29, 0.717) is 29.6 Å². The molecule has 0 spiro atoms. The number of carbonyl (C=O) groups excluding carboxylic acids is 1. The van der Waals surface area contributed by atoms with Gasteiger partial charge in [0.1, 0.15) is 29.7 Å². The molecule has 1 saturated heterocycles. The number of carbonyl (C=O) groups is 1. The van der Waals surface area contributed by atoms with Crippen LogP contribution in [0.5, 0.6) is 0 Å². The van der Waals surface area contributed by atoms with Crippen LogP contribution in [0.3, 0.4) is 0 Å². The van der Waals surface area contributed by atoms with Crippen molar-refractivity contribution >= 4 is 28.3 Å². The molecule has 0 unspecified atom stereocenters. The second-order valence-corrected chi connectivity index (χ2v) is 11.3. The average molecular weight is 535 g/mol.